The van der Waals surface area contributed by atoms with E-state index in [2.05, 4.69) is 5.32 Å². The van der Waals surface area contributed by atoms with Crippen LogP contribution in [0.5, 0.6) is 0 Å². The van der Waals surface area contributed by atoms with Gasteiger partial charge in [0.25, 0.3) is 11.7 Å². The number of carbonyl (C=O) groups excluding carboxylic acids is 6. The Kier molecular flexibility index (Phi) is 23.1. The molecule has 3 heterocycles. The molecular formula is C54H84N2O14. The number of carbonyl (C=O) groups is 6. The monoisotopic (exact) mass is 985 g/mol. The summed E-state index contributed by atoms with van der Waals surface area (Å²) < 4.78 is 35.6. The largest absolute Gasteiger partial charge is 0.460 e. The lowest BCUT2D eigenvalue weighted by Gasteiger charge is -2.42. The van der Waals surface area contributed by atoms with Gasteiger partial charge in [-0.3, -0.25) is 19.2 Å². The summed E-state index contributed by atoms with van der Waals surface area (Å²) in [7, 11) is 4.52. The third-order valence-electron chi connectivity index (χ3n) is 15.0. The van der Waals surface area contributed by atoms with E-state index in [0.717, 1.165) is 5.57 Å². The lowest BCUT2D eigenvalue weighted by atomic mass is 9.78. The Balaban J connectivity index is 1.76. The first-order valence-electron chi connectivity index (χ1n) is 25.6. The molecule has 0 spiro atoms. The Bertz CT molecular complexity index is 1910. The van der Waals surface area contributed by atoms with Crippen molar-refractivity contribution < 1.29 is 67.4 Å². The number of aliphatic hydroxyl groups excluding tert-OH is 1. The summed E-state index contributed by atoms with van der Waals surface area (Å²) in [6.07, 6.45) is 10.2. The number of alkyl carbamates (subject to hydrolysis) is 1. The predicted molar refractivity (Wildman–Crippen MR) is 263 cm³/mol. The number of amides is 2. The average molecular weight is 985 g/mol. The Hall–Kier alpha value is -4.06. The molecule has 15 atom stereocenters. The standard InChI is InChI=1S/C54H84N2O14/c1-12-55-53(63)69-48-37(7)27-34(4)43(58)31-45(35(5)28-39-22-24-42(57)46(29-39)66-10)68-52(62)41-20-16-17-25-56(41)51(61)50(60)54(64)38(8)21-23-40(70-54)30-44(65-9)33(3)19-15-13-14-18-32(2)26-36(6)47(59)49(48)67-11/h13-15,18-19,27,32,34-36,38-42,44-46,48-49,57,64H,12,16-17,20-26,28-31H2,1-11H3,(H,55,63)/b15-13+,18-14+,33-19+,37-27+/t32-,34-,35-,36-,38-,39+,40+,41+,42-,44+,45+,46-,48-,49+,54-/m1/s1. The molecule has 3 aliphatic heterocycles. The highest BCUT2D eigenvalue weighted by Crippen LogP contribution is 2.38. The van der Waals surface area contributed by atoms with Gasteiger partial charge in [0.15, 0.2) is 18.0 Å². The second-order valence-electron chi connectivity index (χ2n) is 20.5. The van der Waals surface area contributed by atoms with Gasteiger partial charge in [0.2, 0.25) is 5.79 Å². The molecular weight excluding hydrogens is 901 g/mol. The van der Waals surface area contributed by atoms with Gasteiger partial charge in [-0.05, 0) is 114 Å². The maximum atomic E-state index is 14.5. The van der Waals surface area contributed by atoms with E-state index in [1.54, 1.807) is 48.0 Å². The zero-order valence-electron chi connectivity index (χ0n) is 43.7. The molecule has 0 aromatic carbocycles. The third kappa shape index (κ3) is 15.7. The summed E-state index contributed by atoms with van der Waals surface area (Å²) in [6, 6.07) is -1.17. The first-order valence-corrected chi connectivity index (χ1v) is 25.6. The van der Waals surface area contributed by atoms with Crippen molar-refractivity contribution in [2.75, 3.05) is 34.4 Å². The van der Waals surface area contributed by atoms with Crippen LogP contribution in [0.3, 0.4) is 0 Å². The number of methoxy groups -OCH3 is 3. The quantitative estimate of drug-likeness (QED) is 0.128. The molecule has 1 aliphatic carbocycles. The molecule has 3 fully saturated rings. The summed E-state index contributed by atoms with van der Waals surface area (Å²) >= 11 is 0. The highest BCUT2D eigenvalue weighted by Gasteiger charge is 2.53. The van der Waals surface area contributed by atoms with Crippen LogP contribution in [0.25, 0.3) is 0 Å². The van der Waals surface area contributed by atoms with Gasteiger partial charge in [-0.2, -0.15) is 0 Å². The number of piperidine rings is 1. The van der Waals surface area contributed by atoms with Crippen LogP contribution in [0, 0.1) is 35.5 Å². The molecule has 1 saturated carbocycles. The fourth-order valence-corrected chi connectivity index (χ4v) is 10.6. The number of hydrogen-bond donors (Lipinski definition) is 3. The Morgan fingerprint density at radius 2 is 1.61 bits per heavy atom. The van der Waals surface area contributed by atoms with Crippen LogP contribution in [0.1, 0.15) is 132 Å². The van der Waals surface area contributed by atoms with Crippen LogP contribution in [-0.4, -0.2) is 139 Å². The molecule has 4 aliphatic rings. The highest BCUT2D eigenvalue weighted by atomic mass is 16.6. The number of Topliss-reactive ketones (excluding diaryl/α,β-unsaturated/α-hetero) is 3. The first-order chi connectivity index (χ1) is 33.2. The maximum Gasteiger partial charge on any atom is 0.407 e. The van der Waals surface area contributed by atoms with Crippen molar-refractivity contribution in [3.8, 4) is 0 Å². The molecule has 16 heteroatoms. The van der Waals surface area contributed by atoms with Gasteiger partial charge in [0.05, 0.1) is 24.4 Å². The molecule has 0 aromatic heterocycles. The second kappa shape index (κ2) is 27.7. The van der Waals surface area contributed by atoms with Crippen molar-refractivity contribution in [2.45, 2.75) is 187 Å². The molecule has 4 rings (SSSR count). The van der Waals surface area contributed by atoms with Gasteiger partial charge in [0, 0.05) is 65.0 Å². The van der Waals surface area contributed by atoms with Crippen LogP contribution < -0.4 is 5.32 Å². The zero-order valence-corrected chi connectivity index (χ0v) is 43.7. The Labute approximate surface area is 416 Å². The van der Waals surface area contributed by atoms with Crippen molar-refractivity contribution in [3.63, 3.8) is 0 Å². The van der Waals surface area contributed by atoms with Crippen LogP contribution in [0.4, 0.5) is 4.79 Å². The van der Waals surface area contributed by atoms with Gasteiger partial charge < -0.3 is 48.9 Å². The Morgan fingerprint density at radius 1 is 0.886 bits per heavy atom. The minimum Gasteiger partial charge on any atom is -0.460 e. The molecule has 3 N–H and O–H groups in total. The summed E-state index contributed by atoms with van der Waals surface area (Å²) in [4.78, 5) is 85.8. The number of nitrogens with zero attached hydrogens (tertiary/aromatic N) is 1. The van der Waals surface area contributed by atoms with Crippen molar-refractivity contribution in [1.82, 2.24) is 10.2 Å². The number of allylic oxidation sites excluding steroid dienone is 6. The molecule has 0 radical (unpaired) electrons. The van der Waals surface area contributed by atoms with Crippen LogP contribution in [-0.2, 0) is 52.4 Å². The van der Waals surface area contributed by atoms with Gasteiger partial charge >= 0.3 is 12.1 Å². The molecule has 0 aromatic rings. The number of aliphatic hydroxyl groups is 2. The lowest BCUT2D eigenvalue weighted by molar-refractivity contribution is -0.265. The number of cyclic esters (lactones) is 1. The lowest BCUT2D eigenvalue weighted by Crippen LogP contribution is -2.61. The Morgan fingerprint density at radius 3 is 2.29 bits per heavy atom. The molecule has 16 nitrogen and oxygen atoms in total. The third-order valence-corrected chi connectivity index (χ3v) is 15.0. The minimum absolute atomic E-state index is 0.0264. The number of esters is 1. The van der Waals surface area contributed by atoms with E-state index in [4.69, 9.17) is 28.4 Å². The normalized spacial score (nSPS) is 38.2. The summed E-state index contributed by atoms with van der Waals surface area (Å²) in [5.74, 6) is -8.30. The van der Waals surface area contributed by atoms with E-state index in [-0.39, 0.29) is 61.4 Å². The average Bonchev–Trinajstić information content (AvgIpc) is 3.33. The van der Waals surface area contributed by atoms with Crippen molar-refractivity contribution in [1.29, 1.82) is 0 Å². The number of rotatable bonds is 8. The van der Waals surface area contributed by atoms with Crippen molar-refractivity contribution >= 4 is 35.3 Å². The first kappa shape index (κ1) is 58.5. The number of hydrogen-bond acceptors (Lipinski definition) is 14. The molecule has 2 bridgehead atoms. The second-order valence-corrected chi connectivity index (χ2v) is 20.5. The highest BCUT2D eigenvalue weighted by molar-refractivity contribution is 6.39. The summed E-state index contributed by atoms with van der Waals surface area (Å²) in [5.41, 5.74) is 1.28. The van der Waals surface area contributed by atoms with E-state index < -0.39 is 90.0 Å². The number of nitrogens with one attached hydrogen (secondary N) is 1. The van der Waals surface area contributed by atoms with Crippen LogP contribution in [0.15, 0.2) is 47.6 Å². The summed E-state index contributed by atoms with van der Waals surface area (Å²) in [5, 5.41) is 25.1. The van der Waals surface area contributed by atoms with Gasteiger partial charge in [0.1, 0.15) is 17.9 Å². The van der Waals surface area contributed by atoms with E-state index in [1.165, 1.54) is 12.0 Å². The van der Waals surface area contributed by atoms with E-state index in [0.29, 0.717) is 69.8 Å². The number of fused-ring (bicyclic) bond motifs is 3. The molecule has 0 unspecified atom stereocenters. The topological polar surface area (TPSA) is 214 Å². The maximum absolute atomic E-state index is 14.5. The van der Waals surface area contributed by atoms with Crippen LogP contribution in [0.2, 0.25) is 0 Å². The smallest absolute Gasteiger partial charge is 0.407 e. The molecule has 70 heavy (non-hydrogen) atoms. The van der Waals surface area contributed by atoms with Crippen molar-refractivity contribution in [3.05, 3.63) is 47.6 Å². The van der Waals surface area contributed by atoms with E-state index in [9.17, 15) is 39.0 Å². The van der Waals surface area contributed by atoms with Crippen molar-refractivity contribution in [2.24, 2.45) is 35.5 Å². The molecule has 2 saturated heterocycles. The van der Waals surface area contributed by atoms with E-state index >= 15 is 0 Å². The summed E-state index contributed by atoms with van der Waals surface area (Å²) in [6.45, 7) is 14.7. The fraction of sp³-hybridized carbons (Fsp3) is 0.741. The zero-order chi connectivity index (χ0) is 51.9. The minimum atomic E-state index is -2.45. The molecule has 2 amide bonds. The number of ketones is 3. The molecule has 394 valence electrons. The van der Waals surface area contributed by atoms with Gasteiger partial charge in [-0.1, -0.05) is 71.1 Å². The van der Waals surface area contributed by atoms with Gasteiger partial charge in [-0.15, -0.1) is 0 Å². The SMILES string of the molecule is CCNC(=O)O[C@@H]1/C(C)=C/[C@@H](C)C(=O)C[C@@H]([C@H](C)C[C@@H]2CC[C@@H](O)[C@H](OC)C2)OC(=O)[C@@H]2CCCCN2C(=O)C(=O)[C@]2(O)O[C@@H](CC[C@H]2C)C[C@H](OC)/C(C)=C/C=C/C=C/[C@@H](C)C[C@@H](C)C(=O)[C@@H]1OC. The van der Waals surface area contributed by atoms with E-state index in [1.807, 2.05) is 58.1 Å². The number of ether oxygens (including phenoxy) is 6. The van der Waals surface area contributed by atoms with Gasteiger partial charge in [-0.25, -0.2) is 9.59 Å². The predicted octanol–water partition coefficient (Wildman–Crippen LogP) is 6.93. The fourth-order valence-electron chi connectivity index (χ4n) is 10.6. The van der Waals surface area contributed by atoms with Crippen LogP contribution >= 0.6 is 0 Å².